The molecule has 0 spiro atoms. The Labute approximate surface area is 122 Å². The Kier molecular flexibility index (Phi) is 5.08. The zero-order valence-corrected chi connectivity index (χ0v) is 13.2. The highest BCUT2D eigenvalue weighted by molar-refractivity contribution is 5.78. The van der Waals surface area contributed by atoms with Crippen molar-refractivity contribution in [2.75, 3.05) is 6.54 Å². The lowest BCUT2D eigenvalue weighted by Gasteiger charge is -2.38. The van der Waals surface area contributed by atoms with Crippen molar-refractivity contribution < 1.29 is 9.90 Å². The zero-order valence-electron chi connectivity index (χ0n) is 13.2. The maximum atomic E-state index is 11.7. The van der Waals surface area contributed by atoms with Gasteiger partial charge in [0.1, 0.15) is 5.54 Å². The highest BCUT2D eigenvalue weighted by Gasteiger charge is 2.40. The van der Waals surface area contributed by atoms with E-state index in [2.05, 4.69) is 24.1 Å². The van der Waals surface area contributed by atoms with Crippen LogP contribution < -0.4 is 5.32 Å². The third kappa shape index (κ3) is 3.95. The van der Waals surface area contributed by atoms with E-state index in [9.17, 15) is 9.90 Å². The molecule has 3 unspecified atom stereocenters. The predicted octanol–water partition coefficient (Wildman–Crippen LogP) is 2.62. The van der Waals surface area contributed by atoms with Gasteiger partial charge in [0, 0.05) is 18.1 Å². The lowest BCUT2D eigenvalue weighted by molar-refractivity contribution is -0.145. The molecule has 1 heterocycles. The van der Waals surface area contributed by atoms with Crippen molar-refractivity contribution in [2.45, 2.75) is 89.4 Å². The maximum absolute atomic E-state index is 11.7. The Morgan fingerprint density at radius 3 is 2.65 bits per heavy atom. The number of likely N-dealkylation sites (tertiary alicyclic amines) is 1. The van der Waals surface area contributed by atoms with Gasteiger partial charge in [0.05, 0.1) is 0 Å². The van der Waals surface area contributed by atoms with Crippen LogP contribution in [0, 0.1) is 0 Å². The van der Waals surface area contributed by atoms with E-state index in [4.69, 9.17) is 0 Å². The van der Waals surface area contributed by atoms with E-state index in [0.29, 0.717) is 24.5 Å². The van der Waals surface area contributed by atoms with E-state index < -0.39 is 11.5 Å². The normalized spacial score (nSPS) is 29.4. The monoisotopic (exact) mass is 282 g/mol. The molecule has 0 aromatic rings. The Balaban J connectivity index is 1.98. The molecular formula is C16H30N2O2. The molecule has 2 rings (SSSR count). The van der Waals surface area contributed by atoms with Crippen LogP contribution in [0.1, 0.15) is 65.7 Å². The molecule has 2 aliphatic rings. The summed E-state index contributed by atoms with van der Waals surface area (Å²) in [6.07, 6.45) is 8.03. The molecule has 2 fully saturated rings. The average Bonchev–Trinajstić information content (AvgIpc) is 3.17. The molecule has 116 valence electrons. The molecule has 1 aliphatic carbocycles. The maximum Gasteiger partial charge on any atom is 0.323 e. The summed E-state index contributed by atoms with van der Waals surface area (Å²) in [6, 6.07) is 1.31. The second-order valence-electron chi connectivity index (χ2n) is 7.05. The molecule has 4 nitrogen and oxygen atoms in total. The fraction of sp³-hybridized carbons (Fsp3) is 0.938. The van der Waals surface area contributed by atoms with E-state index in [1.807, 2.05) is 6.92 Å². The van der Waals surface area contributed by atoms with E-state index >= 15 is 0 Å². The molecular weight excluding hydrogens is 252 g/mol. The van der Waals surface area contributed by atoms with Gasteiger partial charge >= 0.3 is 5.97 Å². The minimum absolute atomic E-state index is 0.315. The molecule has 0 aromatic heterocycles. The highest BCUT2D eigenvalue weighted by Crippen LogP contribution is 2.28. The third-order valence-corrected chi connectivity index (χ3v) is 4.95. The van der Waals surface area contributed by atoms with Crippen LogP contribution in [0.3, 0.4) is 0 Å². The minimum atomic E-state index is -0.785. The van der Waals surface area contributed by atoms with Crippen LogP contribution in [0.5, 0.6) is 0 Å². The van der Waals surface area contributed by atoms with Crippen molar-refractivity contribution in [1.29, 1.82) is 0 Å². The average molecular weight is 282 g/mol. The minimum Gasteiger partial charge on any atom is -0.480 e. The van der Waals surface area contributed by atoms with Crippen LogP contribution in [0.4, 0.5) is 0 Å². The number of aliphatic carboxylic acids is 1. The van der Waals surface area contributed by atoms with Crippen molar-refractivity contribution >= 4 is 5.97 Å². The van der Waals surface area contributed by atoms with E-state index in [1.165, 1.54) is 25.7 Å². The molecule has 1 saturated heterocycles. The number of nitrogens with one attached hydrogen (secondary N) is 1. The number of hydrogen-bond donors (Lipinski definition) is 2. The molecule has 0 amide bonds. The van der Waals surface area contributed by atoms with Gasteiger partial charge in [-0.3, -0.25) is 15.0 Å². The molecule has 4 heteroatoms. The van der Waals surface area contributed by atoms with Crippen LogP contribution in [0.15, 0.2) is 0 Å². The molecule has 20 heavy (non-hydrogen) atoms. The van der Waals surface area contributed by atoms with E-state index in [1.54, 1.807) is 0 Å². The van der Waals surface area contributed by atoms with Gasteiger partial charge in [0.2, 0.25) is 0 Å². The van der Waals surface area contributed by atoms with Crippen LogP contribution in [-0.2, 0) is 4.79 Å². The molecule has 2 N–H and O–H groups in total. The van der Waals surface area contributed by atoms with Gasteiger partial charge in [0.15, 0.2) is 0 Å². The van der Waals surface area contributed by atoms with Crippen molar-refractivity contribution in [1.82, 2.24) is 10.2 Å². The van der Waals surface area contributed by atoms with Gasteiger partial charge in [0.25, 0.3) is 0 Å². The predicted molar refractivity (Wildman–Crippen MR) is 80.9 cm³/mol. The lowest BCUT2D eigenvalue weighted by atomic mass is 9.92. The second-order valence-corrected chi connectivity index (χ2v) is 7.05. The van der Waals surface area contributed by atoms with Gasteiger partial charge in [-0.25, -0.2) is 0 Å². The summed E-state index contributed by atoms with van der Waals surface area (Å²) in [4.78, 5) is 14.2. The first kappa shape index (κ1) is 15.8. The van der Waals surface area contributed by atoms with Crippen molar-refractivity contribution in [2.24, 2.45) is 0 Å². The summed E-state index contributed by atoms with van der Waals surface area (Å²) in [5, 5.41) is 12.9. The summed E-state index contributed by atoms with van der Waals surface area (Å²) in [6.45, 7) is 7.44. The third-order valence-electron chi connectivity index (χ3n) is 4.95. The van der Waals surface area contributed by atoms with E-state index in [-0.39, 0.29) is 0 Å². The zero-order chi connectivity index (χ0) is 14.8. The first-order valence-electron chi connectivity index (χ1n) is 8.19. The number of carboxylic acid groups (broad SMARTS) is 1. The smallest absolute Gasteiger partial charge is 0.323 e. The number of rotatable bonds is 6. The first-order valence-corrected chi connectivity index (χ1v) is 8.19. The van der Waals surface area contributed by atoms with Gasteiger partial charge in [-0.15, -0.1) is 0 Å². The molecule has 3 atom stereocenters. The van der Waals surface area contributed by atoms with Gasteiger partial charge < -0.3 is 5.11 Å². The van der Waals surface area contributed by atoms with Gasteiger partial charge in [-0.1, -0.05) is 12.8 Å². The van der Waals surface area contributed by atoms with Crippen molar-refractivity contribution in [3.63, 3.8) is 0 Å². The Morgan fingerprint density at radius 1 is 1.35 bits per heavy atom. The molecule has 1 aliphatic heterocycles. The van der Waals surface area contributed by atoms with Crippen LogP contribution in [0.2, 0.25) is 0 Å². The van der Waals surface area contributed by atoms with Crippen LogP contribution in [0.25, 0.3) is 0 Å². The summed E-state index contributed by atoms with van der Waals surface area (Å²) in [7, 11) is 0. The molecule has 0 radical (unpaired) electrons. The van der Waals surface area contributed by atoms with Crippen LogP contribution in [-0.4, -0.2) is 46.2 Å². The van der Waals surface area contributed by atoms with Crippen molar-refractivity contribution in [3.8, 4) is 0 Å². The Morgan fingerprint density at radius 2 is 2.05 bits per heavy atom. The fourth-order valence-electron chi connectivity index (χ4n) is 3.55. The Hall–Kier alpha value is -0.610. The quantitative estimate of drug-likeness (QED) is 0.786. The summed E-state index contributed by atoms with van der Waals surface area (Å²) in [5.74, 6) is -0.710. The SMILES string of the molecule is CC1CCCCCN1C(C)CC(C)(NC1CC1)C(=O)O. The number of hydrogen-bond acceptors (Lipinski definition) is 3. The summed E-state index contributed by atoms with van der Waals surface area (Å²) >= 11 is 0. The molecule has 1 saturated carbocycles. The first-order chi connectivity index (χ1) is 9.42. The standard InChI is InChI=1S/C16H30N2O2/c1-12-7-5-4-6-10-18(12)13(2)11-16(3,15(19)20)17-14-8-9-14/h12-14,17H,4-11H2,1-3H3,(H,19,20). The summed E-state index contributed by atoms with van der Waals surface area (Å²) < 4.78 is 0. The molecule has 0 bridgehead atoms. The van der Waals surface area contributed by atoms with E-state index in [0.717, 1.165) is 19.4 Å². The summed E-state index contributed by atoms with van der Waals surface area (Å²) in [5.41, 5.74) is -0.785. The fourth-order valence-corrected chi connectivity index (χ4v) is 3.55. The number of nitrogens with zero attached hydrogens (tertiary/aromatic N) is 1. The largest absolute Gasteiger partial charge is 0.480 e. The number of carbonyl (C=O) groups is 1. The van der Waals surface area contributed by atoms with Gasteiger partial charge in [-0.05, 0) is 59.4 Å². The van der Waals surface area contributed by atoms with Crippen molar-refractivity contribution in [3.05, 3.63) is 0 Å². The second kappa shape index (κ2) is 6.44. The van der Waals surface area contributed by atoms with Crippen LogP contribution >= 0.6 is 0 Å². The van der Waals surface area contributed by atoms with Gasteiger partial charge in [-0.2, -0.15) is 0 Å². The Bertz CT molecular complexity index is 343. The number of carboxylic acids is 1. The lowest BCUT2D eigenvalue weighted by Crippen LogP contribution is -2.55. The highest BCUT2D eigenvalue weighted by atomic mass is 16.4. The topological polar surface area (TPSA) is 52.6 Å². The molecule has 0 aromatic carbocycles.